The SMILES string of the molecule is O=C(C1CCCC2C3NC4NC(NC5NC(NC6NC(NC(N3)C12)C1CCCCC61)C1CCCCC51)C1CCCCC41)C1CCCC2C3NC4NC(NC5NC(NC6NC(NC(N3)C12)C1CCCCC61)C1CCCCC51)C1CCCCC41. The third-order valence-electron chi connectivity index (χ3n) is 28.5. The van der Waals surface area contributed by atoms with Gasteiger partial charge in [-0.1, -0.05) is 89.9 Å². The Morgan fingerprint density at radius 1 is 0.171 bits per heavy atom. The molecule has 10 saturated heterocycles. The second-order valence-electron chi connectivity index (χ2n) is 31.9. The number of nitrogens with one attached hydrogen (secondary N) is 16. The maximum absolute atomic E-state index is 16.7. The summed E-state index contributed by atoms with van der Waals surface area (Å²) < 4.78 is 0. The molecule has 0 aromatic carbocycles. The van der Waals surface area contributed by atoms with Crippen molar-refractivity contribution in [2.24, 2.45) is 107 Å². The van der Waals surface area contributed by atoms with Crippen LogP contribution >= 0.6 is 0 Å². The number of rotatable bonds is 2. The first-order valence-corrected chi connectivity index (χ1v) is 36.2. The second-order valence-corrected chi connectivity index (χ2v) is 31.9. The fraction of sp³-hybridized carbons (Fsp3) is 0.985. The van der Waals surface area contributed by atoms with Crippen LogP contribution in [0.15, 0.2) is 0 Å². The third-order valence-corrected chi connectivity index (χ3v) is 28.5. The molecule has 456 valence electrons. The lowest BCUT2D eigenvalue weighted by molar-refractivity contribution is -0.135. The molecule has 18 fully saturated rings. The van der Waals surface area contributed by atoms with Crippen LogP contribution in [0.2, 0.25) is 0 Å². The van der Waals surface area contributed by atoms with E-state index in [0.29, 0.717) is 138 Å². The first-order valence-electron chi connectivity index (χ1n) is 36.2. The summed E-state index contributed by atoms with van der Waals surface area (Å²) in [5, 5.41) is 70.1. The lowest BCUT2D eigenvalue weighted by Crippen LogP contribution is -2.62. The largest absolute Gasteiger partial charge is 0.299 e. The normalized spacial score (nSPS) is 58.5. The highest BCUT2D eigenvalue weighted by Crippen LogP contribution is 2.52. The van der Waals surface area contributed by atoms with E-state index in [0.717, 1.165) is 25.7 Å². The molecule has 34 atom stereocenters. The average molecular weight is 1130 g/mol. The summed E-state index contributed by atoms with van der Waals surface area (Å²) in [6.07, 6.45) is 42.6. The molecule has 34 unspecified atom stereocenters. The van der Waals surface area contributed by atoms with Crippen LogP contribution in [0.1, 0.15) is 193 Å². The van der Waals surface area contributed by atoms with Gasteiger partial charge in [-0.2, -0.15) is 0 Å². The molecule has 18 rings (SSSR count). The van der Waals surface area contributed by atoms with Crippen LogP contribution in [0.4, 0.5) is 0 Å². The summed E-state index contributed by atoms with van der Waals surface area (Å²) in [5.41, 5.74) is 0. The van der Waals surface area contributed by atoms with E-state index in [-0.39, 0.29) is 73.0 Å². The Bertz CT molecular complexity index is 2140. The number of ketones is 1. The Morgan fingerprint density at radius 2 is 0.317 bits per heavy atom. The van der Waals surface area contributed by atoms with Crippen LogP contribution in [-0.2, 0) is 4.79 Å². The van der Waals surface area contributed by atoms with E-state index in [1.54, 1.807) is 0 Å². The Kier molecular flexibility index (Phi) is 14.6. The molecular weight excluding hydrogens is 1020 g/mol. The summed E-state index contributed by atoms with van der Waals surface area (Å²) in [7, 11) is 0. The van der Waals surface area contributed by atoms with E-state index in [2.05, 4.69) is 85.1 Å². The van der Waals surface area contributed by atoms with Gasteiger partial charge in [0.1, 0.15) is 5.78 Å². The fourth-order valence-electron chi connectivity index (χ4n) is 25.1. The lowest BCUT2D eigenvalue weighted by Gasteiger charge is -2.43. The summed E-state index contributed by atoms with van der Waals surface area (Å²) in [6, 6.07) is 0. The Hall–Kier alpha value is -0.970. The van der Waals surface area contributed by atoms with Gasteiger partial charge in [0.15, 0.2) is 0 Å². The van der Waals surface area contributed by atoms with E-state index in [9.17, 15) is 0 Å². The minimum atomic E-state index is 0.0449. The highest BCUT2D eigenvalue weighted by Gasteiger charge is 2.61. The fourth-order valence-corrected chi connectivity index (χ4v) is 25.1. The van der Waals surface area contributed by atoms with Crippen LogP contribution in [0, 0.1) is 107 Å². The Morgan fingerprint density at radius 3 is 0.500 bits per heavy atom. The molecule has 8 aliphatic carbocycles. The summed E-state index contributed by atoms with van der Waals surface area (Å²) in [6.45, 7) is 0. The minimum absolute atomic E-state index is 0.0449. The van der Waals surface area contributed by atoms with E-state index < -0.39 is 0 Å². The quantitative estimate of drug-likeness (QED) is 0.187. The molecule has 8 saturated carbocycles. The van der Waals surface area contributed by atoms with Crippen LogP contribution < -0.4 is 85.1 Å². The van der Waals surface area contributed by atoms with Gasteiger partial charge in [0.25, 0.3) is 0 Å². The topological polar surface area (TPSA) is 210 Å². The van der Waals surface area contributed by atoms with Gasteiger partial charge in [0.05, 0.1) is 98.7 Å². The van der Waals surface area contributed by atoms with Crippen molar-refractivity contribution in [2.75, 3.05) is 0 Å². The summed E-state index contributed by atoms with van der Waals surface area (Å²) >= 11 is 0. The number of carbonyl (C=O) groups is 1. The molecule has 0 radical (unpaired) electrons. The molecule has 16 N–H and O–H groups in total. The zero-order chi connectivity index (χ0) is 53.7. The predicted octanol–water partition coefficient (Wildman–Crippen LogP) is 4.25. The second kappa shape index (κ2) is 22.2. The molecule has 0 aromatic rings. The van der Waals surface area contributed by atoms with Crippen molar-refractivity contribution >= 4 is 5.78 Å². The maximum Gasteiger partial charge on any atom is 0.139 e. The van der Waals surface area contributed by atoms with Crippen molar-refractivity contribution in [3.63, 3.8) is 0 Å². The number of hydrogen-bond donors (Lipinski definition) is 16. The summed E-state index contributed by atoms with van der Waals surface area (Å²) in [4.78, 5) is 16.7. The maximum atomic E-state index is 16.7. The molecule has 16 bridgehead atoms. The molecule has 0 amide bonds. The van der Waals surface area contributed by atoms with Gasteiger partial charge in [-0.15, -0.1) is 0 Å². The zero-order valence-corrected chi connectivity index (χ0v) is 49.8. The standard InChI is InChI=1S/C65H110N16O/c82-49(43-27-13-29-45-47(43)64-78-60-41-25-11-9-23-39(41)56(74-60)70-52-33-17-3-1-15-31(33)50(66-52)68-54-35-19-5-7-21-37(35)58(72-54)76-62(45)80-64)44-28-14-30-46-48(44)65-79-61-42-26-12-10-24-40(42)57(75-61)71-53-34-18-4-2-16-32(34)51(67-53)69-55-36-20-6-8-22-38(36)59(73-55)77-63(46)81-65/h31-48,50-81H,1-30H2. The van der Waals surface area contributed by atoms with Gasteiger partial charge >= 0.3 is 0 Å². The van der Waals surface area contributed by atoms with Crippen molar-refractivity contribution in [3.8, 4) is 0 Å². The van der Waals surface area contributed by atoms with Crippen molar-refractivity contribution in [3.05, 3.63) is 0 Å². The molecular formula is C65H110N16O. The van der Waals surface area contributed by atoms with Gasteiger partial charge in [0, 0.05) is 23.7 Å². The number of Topliss-reactive ketones (excluding diaryl/α,β-unsaturated/α-hetero) is 1. The highest BCUT2D eigenvalue weighted by molar-refractivity contribution is 5.84. The van der Waals surface area contributed by atoms with E-state index in [1.165, 1.54) is 167 Å². The molecule has 10 aliphatic heterocycles. The molecule has 0 spiro atoms. The van der Waals surface area contributed by atoms with Gasteiger partial charge in [0.2, 0.25) is 0 Å². The van der Waals surface area contributed by atoms with Crippen LogP contribution in [0.25, 0.3) is 0 Å². The Labute approximate surface area is 491 Å². The van der Waals surface area contributed by atoms with E-state index >= 15 is 4.79 Å². The molecule has 10 heterocycles. The van der Waals surface area contributed by atoms with Crippen LogP contribution in [-0.4, -0.2) is 104 Å². The van der Waals surface area contributed by atoms with E-state index in [4.69, 9.17) is 0 Å². The third kappa shape index (κ3) is 9.17. The van der Waals surface area contributed by atoms with Gasteiger partial charge in [-0.3, -0.25) is 89.9 Å². The molecule has 17 nitrogen and oxygen atoms in total. The first-order chi connectivity index (χ1) is 40.5. The van der Waals surface area contributed by atoms with Crippen molar-refractivity contribution in [1.82, 2.24) is 85.1 Å². The van der Waals surface area contributed by atoms with Crippen molar-refractivity contribution in [1.29, 1.82) is 0 Å². The number of carbonyl (C=O) groups excluding carboxylic acids is 1. The predicted molar refractivity (Wildman–Crippen MR) is 317 cm³/mol. The van der Waals surface area contributed by atoms with Crippen LogP contribution in [0.3, 0.4) is 0 Å². The Balaban J connectivity index is 0.667. The van der Waals surface area contributed by atoms with Crippen molar-refractivity contribution in [2.45, 2.75) is 291 Å². The van der Waals surface area contributed by atoms with Gasteiger partial charge in [-0.25, -0.2) is 0 Å². The van der Waals surface area contributed by atoms with Gasteiger partial charge in [-0.05, 0) is 186 Å². The monoisotopic (exact) mass is 1130 g/mol. The minimum Gasteiger partial charge on any atom is -0.299 e. The molecule has 82 heavy (non-hydrogen) atoms. The zero-order valence-electron chi connectivity index (χ0n) is 49.8. The highest BCUT2D eigenvalue weighted by atomic mass is 16.1. The number of hydrogen-bond acceptors (Lipinski definition) is 17. The smallest absolute Gasteiger partial charge is 0.139 e. The molecule has 18 aliphatic rings. The summed E-state index contributed by atoms with van der Waals surface area (Å²) in [5.74, 6) is 9.63. The average Bonchev–Trinajstić information content (AvgIpc) is 4.43. The molecule has 17 heteroatoms. The number of fused-ring (bicyclic) bond motifs is 40. The molecule has 0 aromatic heterocycles. The van der Waals surface area contributed by atoms with E-state index in [1.807, 2.05) is 0 Å². The first kappa shape index (κ1) is 54.0. The van der Waals surface area contributed by atoms with Crippen molar-refractivity contribution < 1.29 is 4.79 Å². The van der Waals surface area contributed by atoms with Crippen LogP contribution in [0.5, 0.6) is 0 Å². The lowest BCUT2D eigenvalue weighted by atomic mass is 9.62. The van der Waals surface area contributed by atoms with Gasteiger partial charge < -0.3 is 0 Å².